The molecule has 2 aromatic rings. The third-order valence-corrected chi connectivity index (χ3v) is 7.57. The molecule has 8 heteroatoms. The molecule has 0 amide bonds. The first-order valence-electron chi connectivity index (χ1n) is 8.91. The number of rotatable bonds is 8. The quantitative estimate of drug-likeness (QED) is 0.625. The molecule has 2 N–H and O–H groups in total. The van der Waals surface area contributed by atoms with Crippen LogP contribution < -0.4 is 9.44 Å². The van der Waals surface area contributed by atoms with Crippen LogP contribution in [0.3, 0.4) is 0 Å². The Kier molecular flexibility index (Phi) is 6.90. The zero-order valence-electron chi connectivity index (χ0n) is 16.4. The fraction of sp³-hybridized carbons (Fsp3) is 0.300. The summed E-state index contributed by atoms with van der Waals surface area (Å²) in [6.45, 7) is 6.49. The largest absolute Gasteiger partial charge is 0.283 e. The number of benzene rings is 2. The summed E-state index contributed by atoms with van der Waals surface area (Å²) in [6.07, 6.45) is 3.79. The molecule has 0 saturated carbocycles. The summed E-state index contributed by atoms with van der Waals surface area (Å²) in [5.41, 5.74) is 2.87. The molecule has 0 atom stereocenters. The maximum atomic E-state index is 11.9. The Hall–Kier alpha value is -2.32. The summed E-state index contributed by atoms with van der Waals surface area (Å²) in [4.78, 5) is 0. The van der Waals surface area contributed by atoms with Crippen LogP contribution in [0.5, 0.6) is 0 Å². The first-order valence-corrected chi connectivity index (χ1v) is 12.0. The van der Waals surface area contributed by atoms with Crippen molar-refractivity contribution in [2.75, 3.05) is 9.44 Å². The Morgan fingerprint density at radius 1 is 0.607 bits per heavy atom. The Balaban J connectivity index is 2.04. The Labute approximate surface area is 167 Å². The van der Waals surface area contributed by atoms with Crippen molar-refractivity contribution in [1.29, 1.82) is 0 Å². The summed E-state index contributed by atoms with van der Waals surface area (Å²) >= 11 is 0. The lowest BCUT2D eigenvalue weighted by atomic mass is 10.1. The predicted octanol–water partition coefficient (Wildman–Crippen LogP) is 4.16. The van der Waals surface area contributed by atoms with Crippen LogP contribution in [0.2, 0.25) is 0 Å². The fourth-order valence-corrected chi connectivity index (χ4v) is 3.48. The van der Waals surface area contributed by atoms with Crippen LogP contribution in [0.15, 0.2) is 48.5 Å². The average Bonchev–Trinajstić information content (AvgIpc) is 2.61. The number of anilines is 2. The lowest BCUT2D eigenvalue weighted by molar-refractivity contribution is 0.591. The summed E-state index contributed by atoms with van der Waals surface area (Å²) in [6, 6.07) is 14.1. The zero-order chi connectivity index (χ0) is 20.9. The SMILES string of the molecule is CC(C)S(=O)(=O)Nc1ccc(/C=C/c2ccc(NS(=O)(=O)C(C)C)cc2)cc1. The first kappa shape index (κ1) is 22.0. The third kappa shape index (κ3) is 6.10. The summed E-state index contributed by atoms with van der Waals surface area (Å²) < 4.78 is 52.6. The monoisotopic (exact) mass is 422 g/mol. The Morgan fingerprint density at radius 2 is 0.893 bits per heavy atom. The predicted molar refractivity (Wildman–Crippen MR) is 117 cm³/mol. The van der Waals surface area contributed by atoms with Crippen LogP contribution in [0.1, 0.15) is 38.8 Å². The highest BCUT2D eigenvalue weighted by molar-refractivity contribution is 7.93. The van der Waals surface area contributed by atoms with Crippen molar-refractivity contribution in [2.45, 2.75) is 38.2 Å². The van der Waals surface area contributed by atoms with Crippen LogP contribution in [0.25, 0.3) is 12.2 Å². The minimum Gasteiger partial charge on any atom is -0.283 e. The molecule has 152 valence electrons. The number of nitrogens with one attached hydrogen (secondary N) is 2. The van der Waals surface area contributed by atoms with Gasteiger partial charge in [0.1, 0.15) is 0 Å². The van der Waals surface area contributed by atoms with Gasteiger partial charge in [0.2, 0.25) is 20.0 Å². The van der Waals surface area contributed by atoms with Gasteiger partial charge in [0.25, 0.3) is 0 Å². The second-order valence-electron chi connectivity index (χ2n) is 6.97. The van der Waals surface area contributed by atoms with Crippen LogP contribution >= 0.6 is 0 Å². The minimum atomic E-state index is -3.36. The molecule has 0 saturated heterocycles. The van der Waals surface area contributed by atoms with E-state index in [1.165, 1.54) is 0 Å². The molecule has 0 aromatic heterocycles. The number of sulfonamides is 2. The fourth-order valence-electron chi connectivity index (χ4n) is 2.08. The molecular formula is C20H26N2O4S2. The smallest absolute Gasteiger partial charge is 0.235 e. The Morgan fingerprint density at radius 3 is 1.14 bits per heavy atom. The molecular weight excluding hydrogens is 396 g/mol. The Bertz CT molecular complexity index is 937. The van der Waals surface area contributed by atoms with Crippen LogP contribution in [0, 0.1) is 0 Å². The van der Waals surface area contributed by atoms with E-state index in [1.807, 2.05) is 36.4 Å². The van der Waals surface area contributed by atoms with E-state index < -0.39 is 30.5 Å². The van der Waals surface area contributed by atoms with E-state index >= 15 is 0 Å². The van der Waals surface area contributed by atoms with E-state index in [0.717, 1.165) is 11.1 Å². The zero-order valence-corrected chi connectivity index (χ0v) is 18.0. The van der Waals surface area contributed by atoms with E-state index in [9.17, 15) is 16.8 Å². The molecule has 0 aliphatic carbocycles. The van der Waals surface area contributed by atoms with Gasteiger partial charge in [-0.05, 0) is 63.1 Å². The first-order chi connectivity index (χ1) is 13.0. The molecule has 6 nitrogen and oxygen atoms in total. The maximum absolute atomic E-state index is 11.9. The molecule has 2 rings (SSSR count). The van der Waals surface area contributed by atoms with Gasteiger partial charge < -0.3 is 0 Å². The van der Waals surface area contributed by atoms with Crippen molar-refractivity contribution in [3.05, 3.63) is 59.7 Å². The number of hydrogen-bond acceptors (Lipinski definition) is 4. The normalized spacial score (nSPS) is 12.6. The summed E-state index contributed by atoms with van der Waals surface area (Å²) in [5.74, 6) is 0. The molecule has 0 spiro atoms. The molecule has 0 aliphatic rings. The highest BCUT2D eigenvalue weighted by Crippen LogP contribution is 2.17. The standard InChI is InChI=1S/C20H26N2O4S2/c1-15(2)27(23,24)21-19-11-7-17(8-12-19)5-6-18-9-13-20(14-10-18)22-28(25,26)16(3)4/h5-16,21-22H,1-4H3/b6-5+. The third-order valence-electron chi connectivity index (χ3n) is 4.05. The molecule has 0 aliphatic heterocycles. The van der Waals surface area contributed by atoms with Crippen molar-refractivity contribution >= 4 is 43.6 Å². The van der Waals surface area contributed by atoms with Gasteiger partial charge >= 0.3 is 0 Å². The molecule has 0 bridgehead atoms. The number of hydrogen-bond donors (Lipinski definition) is 2. The molecule has 2 aromatic carbocycles. The van der Waals surface area contributed by atoms with E-state index in [-0.39, 0.29) is 0 Å². The average molecular weight is 423 g/mol. The van der Waals surface area contributed by atoms with Crippen molar-refractivity contribution in [3.63, 3.8) is 0 Å². The lowest BCUT2D eigenvalue weighted by Gasteiger charge is -2.11. The van der Waals surface area contributed by atoms with Crippen molar-refractivity contribution in [2.24, 2.45) is 0 Å². The second kappa shape index (κ2) is 8.79. The van der Waals surface area contributed by atoms with Crippen LogP contribution in [-0.4, -0.2) is 27.3 Å². The highest BCUT2D eigenvalue weighted by atomic mass is 32.2. The van der Waals surface area contributed by atoms with Crippen molar-refractivity contribution in [3.8, 4) is 0 Å². The van der Waals surface area contributed by atoms with E-state index in [2.05, 4.69) is 9.44 Å². The molecule has 0 unspecified atom stereocenters. The van der Waals surface area contributed by atoms with Crippen molar-refractivity contribution < 1.29 is 16.8 Å². The van der Waals surface area contributed by atoms with E-state index in [0.29, 0.717) is 11.4 Å². The molecule has 28 heavy (non-hydrogen) atoms. The maximum Gasteiger partial charge on any atom is 0.235 e. The van der Waals surface area contributed by atoms with E-state index in [4.69, 9.17) is 0 Å². The van der Waals surface area contributed by atoms with Gasteiger partial charge in [-0.25, -0.2) is 16.8 Å². The lowest BCUT2D eigenvalue weighted by Crippen LogP contribution is -2.22. The second-order valence-corrected chi connectivity index (χ2v) is 11.4. The van der Waals surface area contributed by atoms with Gasteiger partial charge in [0, 0.05) is 11.4 Å². The van der Waals surface area contributed by atoms with E-state index in [1.54, 1.807) is 52.0 Å². The molecule has 0 fully saturated rings. The van der Waals surface area contributed by atoms with Gasteiger partial charge in [-0.1, -0.05) is 36.4 Å². The van der Waals surface area contributed by atoms with Gasteiger partial charge in [0.05, 0.1) is 10.5 Å². The van der Waals surface area contributed by atoms with Crippen LogP contribution in [-0.2, 0) is 20.0 Å². The van der Waals surface area contributed by atoms with Crippen LogP contribution in [0.4, 0.5) is 11.4 Å². The van der Waals surface area contributed by atoms with Crippen molar-refractivity contribution in [1.82, 2.24) is 0 Å². The van der Waals surface area contributed by atoms with Gasteiger partial charge in [-0.15, -0.1) is 0 Å². The summed E-state index contributed by atoms with van der Waals surface area (Å²) in [7, 11) is -6.72. The van der Waals surface area contributed by atoms with Gasteiger partial charge in [0.15, 0.2) is 0 Å². The molecule has 0 radical (unpaired) electrons. The molecule has 0 heterocycles. The minimum absolute atomic E-state index is 0.500. The highest BCUT2D eigenvalue weighted by Gasteiger charge is 2.15. The van der Waals surface area contributed by atoms with Gasteiger partial charge in [-0.2, -0.15) is 0 Å². The summed E-state index contributed by atoms with van der Waals surface area (Å²) in [5, 5.41) is -1.000. The van der Waals surface area contributed by atoms with Gasteiger partial charge in [-0.3, -0.25) is 9.44 Å². The topological polar surface area (TPSA) is 92.3 Å².